The van der Waals surface area contributed by atoms with Gasteiger partial charge in [0.15, 0.2) is 0 Å². The lowest BCUT2D eigenvalue weighted by molar-refractivity contribution is 0.700. The highest BCUT2D eigenvalue weighted by Gasteiger charge is 2.20. The molecule has 2 heteroatoms. The first-order valence-electron chi connectivity index (χ1n) is 8.70. The molecule has 0 spiro atoms. The van der Waals surface area contributed by atoms with Gasteiger partial charge in [0.05, 0.1) is 5.69 Å². The molecule has 0 saturated heterocycles. The smallest absolute Gasteiger partial charge is 0.0722 e. The zero-order chi connectivity index (χ0) is 16.1. The molecule has 5 rings (SSSR count). The Labute approximate surface area is 146 Å². The summed E-state index contributed by atoms with van der Waals surface area (Å²) in [4.78, 5) is 6.37. The van der Waals surface area contributed by atoms with Crippen LogP contribution in [0.25, 0.3) is 32.1 Å². The quantitative estimate of drug-likeness (QED) is 0.399. The molecule has 0 fully saturated rings. The number of fused-ring (bicyclic) bond motifs is 4. The molecule has 24 heavy (non-hydrogen) atoms. The van der Waals surface area contributed by atoms with Crippen molar-refractivity contribution in [2.75, 3.05) is 0 Å². The molecule has 4 aromatic rings. The second-order valence-corrected chi connectivity index (χ2v) is 7.87. The topological polar surface area (TPSA) is 12.9 Å². The summed E-state index contributed by atoms with van der Waals surface area (Å²) in [6.45, 7) is 2.25. The van der Waals surface area contributed by atoms with Crippen molar-refractivity contribution < 1.29 is 0 Å². The highest BCUT2D eigenvalue weighted by Crippen LogP contribution is 2.42. The van der Waals surface area contributed by atoms with Gasteiger partial charge in [-0.25, -0.2) is 0 Å². The van der Waals surface area contributed by atoms with Crippen molar-refractivity contribution in [3.63, 3.8) is 0 Å². The third kappa shape index (κ3) is 2.10. The van der Waals surface area contributed by atoms with Crippen LogP contribution in [0.1, 0.15) is 28.8 Å². The van der Waals surface area contributed by atoms with Crippen LogP contribution in [0.15, 0.2) is 48.7 Å². The number of rotatable bonds is 1. The predicted molar refractivity (Wildman–Crippen MR) is 104 cm³/mol. The van der Waals surface area contributed by atoms with Gasteiger partial charge < -0.3 is 0 Å². The summed E-state index contributed by atoms with van der Waals surface area (Å²) >= 11 is 2.00. The van der Waals surface area contributed by atoms with Gasteiger partial charge in [0.25, 0.3) is 0 Å². The van der Waals surface area contributed by atoms with E-state index >= 15 is 0 Å². The lowest BCUT2D eigenvalue weighted by atomic mass is 9.93. The van der Waals surface area contributed by atoms with Gasteiger partial charge in [0.2, 0.25) is 0 Å². The van der Waals surface area contributed by atoms with Crippen LogP contribution in [0, 0.1) is 6.92 Å². The number of aromatic nitrogens is 1. The number of aryl methyl sites for hydroxylation is 3. The van der Waals surface area contributed by atoms with Crippen molar-refractivity contribution in [1.82, 2.24) is 4.98 Å². The number of benzene rings is 2. The highest BCUT2D eigenvalue weighted by atomic mass is 32.1. The van der Waals surface area contributed by atoms with Crippen LogP contribution in [0.5, 0.6) is 0 Å². The van der Waals surface area contributed by atoms with Gasteiger partial charge in [-0.3, -0.25) is 4.98 Å². The summed E-state index contributed by atoms with van der Waals surface area (Å²) in [5.74, 6) is 0. The summed E-state index contributed by atoms with van der Waals surface area (Å²) in [6.07, 6.45) is 7.16. The van der Waals surface area contributed by atoms with E-state index in [1.54, 1.807) is 10.4 Å². The Hall–Kier alpha value is -2.19. The van der Waals surface area contributed by atoms with Gasteiger partial charge >= 0.3 is 0 Å². The average Bonchev–Trinajstić information content (AvgIpc) is 3.02. The van der Waals surface area contributed by atoms with Crippen molar-refractivity contribution >= 4 is 32.2 Å². The van der Waals surface area contributed by atoms with Crippen molar-refractivity contribution in [2.45, 2.75) is 32.6 Å². The molecule has 2 heterocycles. The van der Waals surface area contributed by atoms with Crippen LogP contribution in [0.4, 0.5) is 0 Å². The van der Waals surface area contributed by atoms with Gasteiger partial charge in [0.1, 0.15) is 0 Å². The highest BCUT2D eigenvalue weighted by molar-refractivity contribution is 7.20. The second-order valence-electron chi connectivity index (χ2n) is 6.76. The van der Waals surface area contributed by atoms with E-state index in [-0.39, 0.29) is 0 Å². The maximum atomic E-state index is 4.77. The van der Waals surface area contributed by atoms with Crippen LogP contribution in [0.2, 0.25) is 0 Å². The second kappa shape index (κ2) is 5.42. The van der Waals surface area contributed by atoms with Gasteiger partial charge in [-0.05, 0) is 60.6 Å². The van der Waals surface area contributed by atoms with Gasteiger partial charge in [-0.15, -0.1) is 11.3 Å². The first kappa shape index (κ1) is 14.2. The number of hydrogen-bond acceptors (Lipinski definition) is 2. The molecule has 2 aromatic heterocycles. The summed E-state index contributed by atoms with van der Waals surface area (Å²) < 4.78 is 1.43. The predicted octanol–water partition coefficient (Wildman–Crippen LogP) is 6.30. The maximum Gasteiger partial charge on any atom is 0.0722 e. The Morgan fingerprint density at radius 3 is 2.71 bits per heavy atom. The van der Waals surface area contributed by atoms with Crippen molar-refractivity contribution in [1.29, 1.82) is 0 Å². The standard InChI is InChI=1S/C22H19NS/c1-14-10-11-17(19-12-15-6-2-3-7-16(15)13-23-19)22-21(14)18-8-4-5-9-20(18)24-22/h2-3,6-7,10-13H,4-5,8-9H2,1H3. The van der Waals surface area contributed by atoms with E-state index < -0.39 is 0 Å². The van der Waals surface area contributed by atoms with Crippen LogP contribution in [0.3, 0.4) is 0 Å². The van der Waals surface area contributed by atoms with Crippen LogP contribution in [-0.4, -0.2) is 4.98 Å². The zero-order valence-corrected chi connectivity index (χ0v) is 14.6. The fourth-order valence-electron chi connectivity index (χ4n) is 3.97. The number of nitrogens with zero attached hydrogens (tertiary/aromatic N) is 1. The van der Waals surface area contributed by atoms with Crippen LogP contribution < -0.4 is 0 Å². The molecule has 0 amide bonds. The number of thiophene rings is 1. The zero-order valence-electron chi connectivity index (χ0n) is 13.8. The molecule has 0 unspecified atom stereocenters. The molecular weight excluding hydrogens is 310 g/mol. The van der Waals surface area contributed by atoms with E-state index in [1.165, 1.54) is 57.7 Å². The van der Waals surface area contributed by atoms with Gasteiger partial charge in [-0.2, -0.15) is 0 Å². The van der Waals surface area contributed by atoms with Crippen molar-refractivity contribution in [3.8, 4) is 11.3 Å². The number of hydrogen-bond donors (Lipinski definition) is 0. The van der Waals surface area contributed by atoms with E-state index in [0.717, 1.165) is 5.69 Å². The summed E-state index contributed by atoms with van der Waals surface area (Å²) in [5, 5.41) is 3.97. The number of pyridine rings is 1. The third-order valence-electron chi connectivity index (χ3n) is 5.22. The summed E-state index contributed by atoms with van der Waals surface area (Å²) in [7, 11) is 0. The Morgan fingerprint density at radius 1 is 0.958 bits per heavy atom. The average molecular weight is 329 g/mol. The van der Waals surface area contributed by atoms with Gasteiger partial charge in [0, 0.05) is 26.7 Å². The van der Waals surface area contributed by atoms with E-state index in [0.29, 0.717) is 0 Å². The Morgan fingerprint density at radius 2 is 1.79 bits per heavy atom. The molecule has 1 aliphatic rings. The van der Waals surface area contributed by atoms with Gasteiger partial charge in [-0.1, -0.05) is 36.4 Å². The van der Waals surface area contributed by atoms with E-state index in [2.05, 4.69) is 49.4 Å². The fourth-order valence-corrected chi connectivity index (χ4v) is 5.46. The Balaban J connectivity index is 1.79. The molecule has 0 atom stereocenters. The molecule has 1 nitrogen and oxygen atoms in total. The van der Waals surface area contributed by atoms with E-state index in [4.69, 9.17) is 4.98 Å². The fraction of sp³-hybridized carbons (Fsp3) is 0.227. The first-order valence-corrected chi connectivity index (χ1v) is 9.52. The van der Waals surface area contributed by atoms with Crippen LogP contribution in [-0.2, 0) is 12.8 Å². The lowest BCUT2D eigenvalue weighted by Gasteiger charge is -2.11. The molecule has 0 radical (unpaired) electrons. The van der Waals surface area contributed by atoms with E-state index in [1.807, 2.05) is 17.5 Å². The Kier molecular flexibility index (Phi) is 3.20. The molecule has 118 valence electrons. The lowest BCUT2D eigenvalue weighted by Crippen LogP contribution is -1.98. The first-order chi connectivity index (χ1) is 11.8. The minimum atomic E-state index is 1.09. The SMILES string of the molecule is Cc1ccc(-c2cc3ccccc3cn2)c2sc3c(c12)CCCC3. The molecule has 0 N–H and O–H groups in total. The minimum Gasteiger partial charge on any atom is -0.256 e. The van der Waals surface area contributed by atoms with Crippen molar-refractivity contribution in [2.24, 2.45) is 0 Å². The summed E-state index contributed by atoms with van der Waals surface area (Å²) in [5.41, 5.74) is 5.41. The molecular formula is C22H19NS. The molecule has 2 aromatic carbocycles. The molecule has 0 bridgehead atoms. The minimum absolute atomic E-state index is 1.09. The summed E-state index contributed by atoms with van der Waals surface area (Å²) in [6, 6.07) is 15.2. The Bertz CT molecular complexity index is 1070. The normalized spacial score (nSPS) is 14.2. The van der Waals surface area contributed by atoms with Crippen LogP contribution >= 0.6 is 11.3 Å². The monoisotopic (exact) mass is 329 g/mol. The largest absolute Gasteiger partial charge is 0.256 e. The molecule has 1 aliphatic carbocycles. The molecule has 0 aliphatic heterocycles. The maximum absolute atomic E-state index is 4.77. The third-order valence-corrected chi connectivity index (χ3v) is 6.54. The van der Waals surface area contributed by atoms with E-state index in [9.17, 15) is 0 Å². The molecule has 0 saturated carbocycles. The van der Waals surface area contributed by atoms with Crippen molar-refractivity contribution in [3.05, 3.63) is 64.7 Å².